The Balaban J connectivity index is 2.60. The minimum Gasteiger partial charge on any atom is -0.345 e. The molecule has 80 valence electrons. The number of nitriles is 1. The van der Waals surface area contributed by atoms with E-state index in [9.17, 15) is 4.79 Å². The third kappa shape index (κ3) is 1.93. The zero-order valence-corrected chi connectivity index (χ0v) is 9.19. The van der Waals surface area contributed by atoms with Crippen LogP contribution in [0.3, 0.4) is 0 Å². The van der Waals surface area contributed by atoms with Crippen LogP contribution in [0.15, 0.2) is 41.3 Å². The van der Waals surface area contributed by atoms with E-state index in [1.807, 2.05) is 28.8 Å². The van der Waals surface area contributed by atoms with Gasteiger partial charge in [0, 0.05) is 17.6 Å². The van der Waals surface area contributed by atoms with E-state index in [0.717, 1.165) is 5.52 Å². The van der Waals surface area contributed by atoms with Gasteiger partial charge >= 0.3 is 0 Å². The molecule has 0 aliphatic heterocycles. The molecule has 16 heavy (non-hydrogen) atoms. The highest BCUT2D eigenvalue weighted by atomic mass is 35.5. The van der Waals surface area contributed by atoms with E-state index in [-0.39, 0.29) is 5.43 Å². The van der Waals surface area contributed by atoms with Gasteiger partial charge in [0.2, 0.25) is 0 Å². The largest absolute Gasteiger partial charge is 0.345 e. The molecule has 0 saturated heterocycles. The summed E-state index contributed by atoms with van der Waals surface area (Å²) in [5.74, 6) is 0. The maximum absolute atomic E-state index is 11.6. The van der Waals surface area contributed by atoms with E-state index >= 15 is 0 Å². The molecular weight excluding hydrogens is 224 g/mol. The molecule has 0 amide bonds. The van der Waals surface area contributed by atoms with Crippen LogP contribution in [0.5, 0.6) is 0 Å². The molecule has 2 rings (SSSR count). The van der Waals surface area contributed by atoms with Crippen molar-refractivity contribution in [2.45, 2.75) is 11.9 Å². The van der Waals surface area contributed by atoms with Crippen molar-refractivity contribution in [3.05, 3.63) is 46.8 Å². The molecular formula is C12H9ClN2O. The number of benzene rings is 1. The minimum absolute atomic E-state index is 0.0186. The van der Waals surface area contributed by atoms with Crippen LogP contribution in [0, 0.1) is 11.3 Å². The second-order valence-corrected chi connectivity index (χ2v) is 3.97. The summed E-state index contributed by atoms with van der Waals surface area (Å²) in [6.45, 7) is 0.374. The molecule has 1 atom stereocenters. The molecule has 1 unspecified atom stereocenters. The van der Waals surface area contributed by atoms with Gasteiger partial charge < -0.3 is 4.57 Å². The van der Waals surface area contributed by atoms with Crippen molar-refractivity contribution in [3.8, 4) is 6.07 Å². The van der Waals surface area contributed by atoms with Crippen LogP contribution in [0.25, 0.3) is 10.9 Å². The van der Waals surface area contributed by atoms with Gasteiger partial charge in [0.1, 0.15) is 5.38 Å². The maximum Gasteiger partial charge on any atom is 0.189 e. The Morgan fingerprint density at radius 1 is 1.38 bits per heavy atom. The molecule has 0 aliphatic carbocycles. The highest BCUT2D eigenvalue weighted by molar-refractivity contribution is 6.22. The topological polar surface area (TPSA) is 45.8 Å². The first-order valence-corrected chi connectivity index (χ1v) is 5.28. The molecule has 1 aromatic heterocycles. The molecule has 1 aromatic carbocycles. The first-order chi connectivity index (χ1) is 7.72. The first-order valence-electron chi connectivity index (χ1n) is 4.84. The number of halogens is 1. The number of alkyl halides is 1. The summed E-state index contributed by atoms with van der Waals surface area (Å²) in [5.41, 5.74) is 0.783. The summed E-state index contributed by atoms with van der Waals surface area (Å²) in [5, 5.41) is 8.72. The highest BCUT2D eigenvalue weighted by Gasteiger charge is 2.06. The van der Waals surface area contributed by atoms with Crippen LogP contribution in [0.2, 0.25) is 0 Å². The Hall–Kier alpha value is -1.79. The fourth-order valence-electron chi connectivity index (χ4n) is 1.63. The molecule has 0 aliphatic rings. The van der Waals surface area contributed by atoms with E-state index in [0.29, 0.717) is 11.9 Å². The third-order valence-corrected chi connectivity index (χ3v) is 2.62. The van der Waals surface area contributed by atoms with Gasteiger partial charge in [-0.2, -0.15) is 5.26 Å². The normalized spacial score (nSPS) is 12.2. The molecule has 2 aromatic rings. The molecule has 1 heterocycles. The lowest BCUT2D eigenvalue weighted by Gasteiger charge is -2.10. The highest BCUT2D eigenvalue weighted by Crippen LogP contribution is 2.11. The Bertz CT molecular complexity index is 612. The van der Waals surface area contributed by atoms with Gasteiger partial charge in [-0.25, -0.2) is 0 Å². The third-order valence-electron chi connectivity index (χ3n) is 2.38. The first kappa shape index (κ1) is 10.7. The van der Waals surface area contributed by atoms with Crippen molar-refractivity contribution >= 4 is 22.5 Å². The monoisotopic (exact) mass is 232 g/mol. The summed E-state index contributed by atoms with van der Waals surface area (Å²) in [4.78, 5) is 11.6. The molecule has 0 spiro atoms. The summed E-state index contributed by atoms with van der Waals surface area (Å²) >= 11 is 5.78. The van der Waals surface area contributed by atoms with Crippen LogP contribution < -0.4 is 5.43 Å². The van der Waals surface area contributed by atoms with Gasteiger partial charge in [0.25, 0.3) is 0 Å². The van der Waals surface area contributed by atoms with Gasteiger partial charge in [0.05, 0.1) is 18.1 Å². The summed E-state index contributed by atoms with van der Waals surface area (Å²) in [6, 6.07) is 10.7. The van der Waals surface area contributed by atoms with Crippen LogP contribution in [-0.2, 0) is 6.54 Å². The van der Waals surface area contributed by atoms with Crippen LogP contribution >= 0.6 is 11.6 Å². The second-order valence-electron chi connectivity index (χ2n) is 3.45. The molecule has 0 bridgehead atoms. The average molecular weight is 233 g/mol. The standard InChI is InChI=1S/C12H9ClN2O/c13-9(7-14)8-15-6-5-12(16)10-3-1-2-4-11(10)15/h1-6,9H,8H2. The summed E-state index contributed by atoms with van der Waals surface area (Å²) < 4.78 is 1.82. The number of hydrogen-bond acceptors (Lipinski definition) is 2. The summed E-state index contributed by atoms with van der Waals surface area (Å²) in [7, 11) is 0. The molecule has 0 N–H and O–H groups in total. The van der Waals surface area contributed by atoms with E-state index < -0.39 is 5.38 Å². The van der Waals surface area contributed by atoms with E-state index in [4.69, 9.17) is 16.9 Å². The quantitative estimate of drug-likeness (QED) is 0.745. The fraction of sp³-hybridized carbons (Fsp3) is 0.167. The number of hydrogen-bond donors (Lipinski definition) is 0. The molecule has 0 radical (unpaired) electrons. The van der Waals surface area contributed by atoms with Crippen LogP contribution in [0.1, 0.15) is 0 Å². The Kier molecular flexibility index (Phi) is 2.93. The van der Waals surface area contributed by atoms with Gasteiger partial charge in [-0.3, -0.25) is 4.79 Å². The van der Waals surface area contributed by atoms with Gasteiger partial charge in [-0.05, 0) is 12.1 Å². The Morgan fingerprint density at radius 3 is 2.88 bits per heavy atom. The van der Waals surface area contributed by atoms with Crippen molar-refractivity contribution in [1.29, 1.82) is 5.26 Å². The van der Waals surface area contributed by atoms with E-state index in [1.54, 1.807) is 12.3 Å². The number of pyridine rings is 1. The average Bonchev–Trinajstić information content (AvgIpc) is 2.33. The smallest absolute Gasteiger partial charge is 0.189 e. The fourth-order valence-corrected chi connectivity index (χ4v) is 1.78. The molecule has 0 saturated carbocycles. The van der Waals surface area contributed by atoms with E-state index in [1.165, 1.54) is 6.07 Å². The lowest BCUT2D eigenvalue weighted by molar-refractivity contribution is 0.742. The van der Waals surface area contributed by atoms with Gasteiger partial charge in [-0.1, -0.05) is 12.1 Å². The van der Waals surface area contributed by atoms with Crippen molar-refractivity contribution in [2.75, 3.05) is 0 Å². The maximum atomic E-state index is 11.6. The predicted molar refractivity (Wildman–Crippen MR) is 63.5 cm³/mol. The van der Waals surface area contributed by atoms with Crippen molar-refractivity contribution in [2.24, 2.45) is 0 Å². The van der Waals surface area contributed by atoms with Crippen LogP contribution in [-0.4, -0.2) is 9.94 Å². The minimum atomic E-state index is -0.592. The Labute approximate surface area is 97.5 Å². The summed E-state index contributed by atoms with van der Waals surface area (Å²) in [6.07, 6.45) is 1.66. The number of rotatable bonds is 2. The lowest BCUT2D eigenvalue weighted by atomic mass is 10.2. The molecule has 0 fully saturated rings. The van der Waals surface area contributed by atoms with Crippen molar-refractivity contribution in [1.82, 2.24) is 4.57 Å². The number of fused-ring (bicyclic) bond motifs is 1. The van der Waals surface area contributed by atoms with Gasteiger partial charge in [0.15, 0.2) is 5.43 Å². The zero-order valence-electron chi connectivity index (χ0n) is 8.43. The van der Waals surface area contributed by atoms with Crippen LogP contribution in [0.4, 0.5) is 0 Å². The number of nitrogens with zero attached hydrogens (tertiary/aromatic N) is 2. The molecule has 4 heteroatoms. The van der Waals surface area contributed by atoms with Crippen molar-refractivity contribution in [3.63, 3.8) is 0 Å². The van der Waals surface area contributed by atoms with Gasteiger partial charge in [-0.15, -0.1) is 11.6 Å². The van der Waals surface area contributed by atoms with Crippen molar-refractivity contribution < 1.29 is 0 Å². The predicted octanol–water partition coefficient (Wildman–Crippen LogP) is 2.13. The Morgan fingerprint density at radius 2 is 2.12 bits per heavy atom. The zero-order chi connectivity index (χ0) is 11.5. The molecule has 3 nitrogen and oxygen atoms in total. The lowest BCUT2D eigenvalue weighted by Crippen LogP contribution is -2.13. The van der Waals surface area contributed by atoms with E-state index in [2.05, 4.69) is 0 Å². The SMILES string of the molecule is N#CC(Cl)Cn1ccc(=O)c2ccccc21. The number of para-hydroxylation sites is 1. The number of aromatic nitrogens is 1. The second kappa shape index (κ2) is 4.38.